The van der Waals surface area contributed by atoms with Crippen LogP contribution < -0.4 is 4.90 Å². The molecule has 1 amide bonds. The first-order chi connectivity index (χ1) is 11.2. The lowest BCUT2D eigenvalue weighted by Gasteiger charge is -2.28. The number of halogens is 2. The van der Waals surface area contributed by atoms with Crippen LogP contribution in [-0.2, 0) is 0 Å². The SMILES string of the molecule is CC(C)N(C(=O)c1cc(Cl)ccc1O)c1ccc([N+](=O)[O-])cc1Cl. The molecule has 126 valence electrons. The lowest BCUT2D eigenvalue weighted by molar-refractivity contribution is -0.384. The molecule has 8 heteroatoms. The zero-order valence-electron chi connectivity index (χ0n) is 12.9. The van der Waals surface area contributed by atoms with E-state index in [-0.39, 0.29) is 28.1 Å². The summed E-state index contributed by atoms with van der Waals surface area (Å²) >= 11 is 12.0. The number of phenols is 1. The number of hydrogen-bond donors (Lipinski definition) is 1. The monoisotopic (exact) mass is 368 g/mol. The van der Waals surface area contributed by atoms with Crippen LogP contribution in [0, 0.1) is 10.1 Å². The molecule has 0 bridgehead atoms. The summed E-state index contributed by atoms with van der Waals surface area (Å²) in [4.78, 5) is 24.4. The fraction of sp³-hybridized carbons (Fsp3) is 0.188. The maximum absolute atomic E-state index is 12.8. The van der Waals surface area contributed by atoms with Gasteiger partial charge in [-0.25, -0.2) is 0 Å². The fourth-order valence-corrected chi connectivity index (χ4v) is 2.67. The lowest BCUT2D eigenvalue weighted by Crippen LogP contribution is -2.37. The smallest absolute Gasteiger partial charge is 0.271 e. The Bertz CT molecular complexity index is 809. The van der Waals surface area contributed by atoms with Crippen molar-refractivity contribution in [3.05, 3.63) is 62.1 Å². The van der Waals surface area contributed by atoms with Crippen LogP contribution in [0.15, 0.2) is 36.4 Å². The number of aromatic hydroxyl groups is 1. The second kappa shape index (κ2) is 7.07. The zero-order valence-corrected chi connectivity index (χ0v) is 14.4. The first kappa shape index (κ1) is 18.0. The summed E-state index contributed by atoms with van der Waals surface area (Å²) in [6.07, 6.45) is 0. The number of non-ortho nitro benzene ring substituents is 1. The molecule has 0 heterocycles. The molecule has 2 rings (SSSR count). The number of benzene rings is 2. The van der Waals surface area contributed by atoms with Crippen molar-refractivity contribution in [2.75, 3.05) is 4.90 Å². The van der Waals surface area contributed by atoms with Gasteiger partial charge in [0.05, 0.1) is 21.2 Å². The average Bonchev–Trinajstić information content (AvgIpc) is 2.50. The Hall–Kier alpha value is -2.31. The second-order valence-corrected chi connectivity index (χ2v) is 6.17. The summed E-state index contributed by atoms with van der Waals surface area (Å²) in [5.41, 5.74) is 0.151. The van der Waals surface area contributed by atoms with E-state index in [4.69, 9.17) is 23.2 Å². The summed E-state index contributed by atoms with van der Waals surface area (Å²) in [5.74, 6) is -0.728. The first-order valence-corrected chi connectivity index (χ1v) is 7.74. The third-order valence-electron chi connectivity index (χ3n) is 3.33. The number of rotatable bonds is 4. The minimum Gasteiger partial charge on any atom is -0.507 e. The van der Waals surface area contributed by atoms with E-state index in [2.05, 4.69) is 0 Å². The Morgan fingerprint density at radius 2 is 1.88 bits per heavy atom. The Balaban J connectivity index is 2.52. The van der Waals surface area contributed by atoms with Gasteiger partial charge in [-0.15, -0.1) is 0 Å². The molecule has 0 saturated heterocycles. The first-order valence-electron chi connectivity index (χ1n) is 6.98. The van der Waals surface area contributed by atoms with Gasteiger partial charge < -0.3 is 10.0 Å². The summed E-state index contributed by atoms with van der Waals surface area (Å²) in [5, 5.41) is 21.1. The van der Waals surface area contributed by atoms with Gasteiger partial charge in [-0.05, 0) is 38.1 Å². The van der Waals surface area contributed by atoms with Crippen LogP contribution >= 0.6 is 23.2 Å². The van der Waals surface area contributed by atoms with E-state index in [1.54, 1.807) is 13.8 Å². The van der Waals surface area contributed by atoms with Crippen LogP contribution in [0.1, 0.15) is 24.2 Å². The summed E-state index contributed by atoms with van der Waals surface area (Å²) < 4.78 is 0. The normalized spacial score (nSPS) is 10.7. The molecule has 0 aliphatic rings. The molecule has 2 aromatic rings. The van der Waals surface area contributed by atoms with Gasteiger partial charge in [0, 0.05) is 23.2 Å². The molecule has 24 heavy (non-hydrogen) atoms. The van der Waals surface area contributed by atoms with Gasteiger partial charge >= 0.3 is 0 Å². The summed E-state index contributed by atoms with van der Waals surface area (Å²) in [6, 6.07) is 7.68. The van der Waals surface area contributed by atoms with Gasteiger partial charge in [0.15, 0.2) is 0 Å². The van der Waals surface area contributed by atoms with Crippen molar-refractivity contribution in [2.45, 2.75) is 19.9 Å². The fourth-order valence-electron chi connectivity index (χ4n) is 2.24. The molecular weight excluding hydrogens is 355 g/mol. The molecule has 0 radical (unpaired) electrons. The Kier molecular flexibility index (Phi) is 5.31. The van der Waals surface area contributed by atoms with Crippen LogP contribution in [0.3, 0.4) is 0 Å². The Morgan fingerprint density at radius 3 is 2.42 bits per heavy atom. The highest BCUT2D eigenvalue weighted by molar-refractivity contribution is 6.34. The molecule has 0 atom stereocenters. The quantitative estimate of drug-likeness (QED) is 0.627. The molecule has 1 N–H and O–H groups in total. The number of hydrogen-bond acceptors (Lipinski definition) is 4. The average molecular weight is 369 g/mol. The number of phenolic OH excluding ortho intramolecular Hbond substituents is 1. The van der Waals surface area contributed by atoms with Crippen LogP contribution in [0.25, 0.3) is 0 Å². The van der Waals surface area contributed by atoms with Gasteiger partial charge in [0.2, 0.25) is 0 Å². The van der Waals surface area contributed by atoms with Crippen molar-refractivity contribution < 1.29 is 14.8 Å². The molecule has 0 saturated carbocycles. The van der Waals surface area contributed by atoms with E-state index in [9.17, 15) is 20.0 Å². The summed E-state index contributed by atoms with van der Waals surface area (Å²) in [6.45, 7) is 3.52. The molecule has 0 aliphatic carbocycles. The number of carbonyl (C=O) groups excluding carboxylic acids is 1. The topological polar surface area (TPSA) is 83.7 Å². The number of amides is 1. The second-order valence-electron chi connectivity index (χ2n) is 5.32. The van der Waals surface area contributed by atoms with E-state index < -0.39 is 10.8 Å². The minimum atomic E-state index is -0.569. The van der Waals surface area contributed by atoms with E-state index >= 15 is 0 Å². The maximum Gasteiger partial charge on any atom is 0.271 e. The van der Waals surface area contributed by atoms with E-state index in [0.29, 0.717) is 10.7 Å². The number of carbonyl (C=O) groups is 1. The molecule has 2 aromatic carbocycles. The predicted molar refractivity (Wildman–Crippen MR) is 93.2 cm³/mol. The van der Waals surface area contributed by atoms with Gasteiger partial charge in [0.25, 0.3) is 11.6 Å². The van der Waals surface area contributed by atoms with Crippen molar-refractivity contribution in [2.24, 2.45) is 0 Å². The minimum absolute atomic E-state index is 0.0191. The molecule has 6 nitrogen and oxygen atoms in total. The van der Waals surface area contributed by atoms with Crippen molar-refractivity contribution in [1.29, 1.82) is 0 Å². The van der Waals surface area contributed by atoms with Gasteiger partial charge in [-0.3, -0.25) is 14.9 Å². The van der Waals surface area contributed by atoms with Crippen molar-refractivity contribution >= 4 is 40.5 Å². The number of nitrogens with zero attached hydrogens (tertiary/aromatic N) is 2. The highest BCUT2D eigenvalue weighted by Gasteiger charge is 2.26. The molecule has 0 aliphatic heterocycles. The van der Waals surface area contributed by atoms with Gasteiger partial charge in [-0.1, -0.05) is 23.2 Å². The van der Waals surface area contributed by atoms with E-state index in [1.807, 2.05) is 0 Å². The number of nitro groups is 1. The third-order valence-corrected chi connectivity index (χ3v) is 3.86. The molecule has 0 fully saturated rings. The number of nitro benzene ring substituents is 1. The van der Waals surface area contributed by atoms with Gasteiger partial charge in [0.1, 0.15) is 5.75 Å². The van der Waals surface area contributed by atoms with Crippen LogP contribution in [0.5, 0.6) is 5.75 Å². The highest BCUT2D eigenvalue weighted by Crippen LogP contribution is 2.33. The van der Waals surface area contributed by atoms with Crippen molar-refractivity contribution in [3.8, 4) is 5.75 Å². The molecule has 0 aromatic heterocycles. The van der Waals surface area contributed by atoms with E-state index in [0.717, 1.165) is 0 Å². The highest BCUT2D eigenvalue weighted by atomic mass is 35.5. The van der Waals surface area contributed by atoms with E-state index in [1.165, 1.54) is 41.3 Å². The largest absolute Gasteiger partial charge is 0.507 e. The number of anilines is 1. The predicted octanol–water partition coefficient (Wildman–Crippen LogP) is 4.66. The van der Waals surface area contributed by atoms with Crippen LogP contribution in [0.2, 0.25) is 10.0 Å². The standard InChI is InChI=1S/C16H14Cl2N2O4/c1-9(2)19(14-5-4-11(20(23)24)8-13(14)18)16(22)12-7-10(17)3-6-15(12)21/h3-9,21H,1-2H3. The van der Waals surface area contributed by atoms with Crippen LogP contribution in [0.4, 0.5) is 11.4 Å². The Morgan fingerprint density at radius 1 is 1.21 bits per heavy atom. The lowest BCUT2D eigenvalue weighted by atomic mass is 10.1. The van der Waals surface area contributed by atoms with Crippen LogP contribution in [-0.4, -0.2) is 22.0 Å². The van der Waals surface area contributed by atoms with Crippen molar-refractivity contribution in [1.82, 2.24) is 0 Å². The molecular formula is C16H14Cl2N2O4. The Labute approximate surface area is 148 Å². The van der Waals surface area contributed by atoms with Gasteiger partial charge in [-0.2, -0.15) is 0 Å². The molecule has 0 unspecified atom stereocenters. The van der Waals surface area contributed by atoms with Crippen molar-refractivity contribution in [3.63, 3.8) is 0 Å². The maximum atomic E-state index is 12.8. The summed E-state index contributed by atoms with van der Waals surface area (Å²) in [7, 11) is 0. The third kappa shape index (κ3) is 3.60. The zero-order chi connectivity index (χ0) is 18.0. The molecule has 0 spiro atoms.